The molecule has 2 rings (SSSR count). The highest BCUT2D eigenvalue weighted by Crippen LogP contribution is 2.26. The predicted molar refractivity (Wildman–Crippen MR) is 58.9 cm³/mol. The van der Waals surface area contributed by atoms with Gasteiger partial charge in [0.25, 0.3) is 0 Å². The largest absolute Gasteiger partial charge is 0.380 e. The fraction of sp³-hybridized carbons (Fsp3) is 1.00. The number of rotatable bonds is 3. The molecule has 2 saturated heterocycles. The molecule has 2 aliphatic rings. The van der Waals surface area contributed by atoms with Gasteiger partial charge in [0.1, 0.15) is 0 Å². The molecule has 0 N–H and O–H groups in total. The first-order chi connectivity index (χ1) is 6.85. The Bertz CT molecular complexity index is 185. The van der Waals surface area contributed by atoms with Gasteiger partial charge in [-0.15, -0.1) is 0 Å². The van der Waals surface area contributed by atoms with Gasteiger partial charge in [0.15, 0.2) is 0 Å². The molecule has 2 heterocycles. The van der Waals surface area contributed by atoms with E-state index in [4.69, 9.17) is 9.47 Å². The lowest BCUT2D eigenvalue weighted by molar-refractivity contribution is 0.0949. The van der Waals surface area contributed by atoms with E-state index in [0.29, 0.717) is 18.2 Å². The topological polar surface area (TPSA) is 21.7 Å². The average Bonchev–Trinajstić information content (AvgIpc) is 2.85. The van der Waals surface area contributed by atoms with Gasteiger partial charge in [0.05, 0.1) is 12.7 Å². The summed E-state index contributed by atoms with van der Waals surface area (Å²) in [5, 5.41) is 1.04. The van der Waals surface area contributed by atoms with E-state index in [-0.39, 0.29) is 0 Å². The van der Waals surface area contributed by atoms with Gasteiger partial charge in [-0.05, 0) is 12.8 Å². The second-order valence-electron chi connectivity index (χ2n) is 4.12. The van der Waals surface area contributed by atoms with Crippen molar-refractivity contribution in [1.29, 1.82) is 0 Å². The molecule has 0 radical (unpaired) electrons. The second kappa shape index (κ2) is 4.92. The third kappa shape index (κ3) is 2.13. The molecule has 3 atom stereocenters. The molecule has 0 aromatic carbocycles. The lowest BCUT2D eigenvalue weighted by Gasteiger charge is -2.27. The minimum Gasteiger partial charge on any atom is -0.380 e. The summed E-state index contributed by atoms with van der Waals surface area (Å²) in [6, 6.07) is 1.25. The minimum atomic E-state index is 0.415. The SMILES string of the molecule is COC1CC(CBr)N(C2CCOC2)C1. The molecule has 0 amide bonds. The van der Waals surface area contributed by atoms with Gasteiger partial charge >= 0.3 is 0 Å². The molecule has 14 heavy (non-hydrogen) atoms. The van der Waals surface area contributed by atoms with Crippen molar-refractivity contribution in [2.24, 2.45) is 0 Å². The van der Waals surface area contributed by atoms with Crippen molar-refractivity contribution in [3.8, 4) is 0 Å². The third-order valence-corrected chi connectivity index (χ3v) is 4.05. The Morgan fingerprint density at radius 1 is 1.57 bits per heavy atom. The summed E-state index contributed by atoms with van der Waals surface area (Å²) in [6.45, 7) is 2.90. The van der Waals surface area contributed by atoms with E-state index in [1.807, 2.05) is 7.11 Å². The van der Waals surface area contributed by atoms with E-state index in [0.717, 1.165) is 31.5 Å². The van der Waals surface area contributed by atoms with Crippen molar-refractivity contribution < 1.29 is 9.47 Å². The van der Waals surface area contributed by atoms with Crippen LogP contribution in [0.4, 0.5) is 0 Å². The molecule has 0 saturated carbocycles. The van der Waals surface area contributed by atoms with E-state index in [1.54, 1.807) is 0 Å². The number of alkyl halides is 1. The number of hydrogen-bond donors (Lipinski definition) is 0. The van der Waals surface area contributed by atoms with Crippen molar-refractivity contribution in [3.05, 3.63) is 0 Å². The lowest BCUT2D eigenvalue weighted by atomic mass is 10.2. The van der Waals surface area contributed by atoms with Crippen LogP contribution in [0.5, 0.6) is 0 Å². The van der Waals surface area contributed by atoms with Crippen molar-refractivity contribution in [3.63, 3.8) is 0 Å². The summed E-state index contributed by atoms with van der Waals surface area (Å²) in [6.07, 6.45) is 2.75. The van der Waals surface area contributed by atoms with Gasteiger partial charge in [-0.25, -0.2) is 0 Å². The quantitative estimate of drug-likeness (QED) is 0.716. The first-order valence-electron chi connectivity index (χ1n) is 5.27. The number of halogens is 1. The normalized spacial score (nSPS) is 39.4. The Kier molecular flexibility index (Phi) is 3.82. The van der Waals surface area contributed by atoms with Crippen LogP contribution in [0.3, 0.4) is 0 Å². The molecule has 2 aliphatic heterocycles. The highest BCUT2D eigenvalue weighted by molar-refractivity contribution is 9.09. The Morgan fingerprint density at radius 3 is 3.00 bits per heavy atom. The van der Waals surface area contributed by atoms with Gasteiger partial charge in [0, 0.05) is 37.7 Å². The first kappa shape index (κ1) is 10.9. The van der Waals surface area contributed by atoms with Gasteiger partial charge in [-0.2, -0.15) is 0 Å². The van der Waals surface area contributed by atoms with Crippen LogP contribution >= 0.6 is 15.9 Å². The molecule has 3 unspecified atom stereocenters. The van der Waals surface area contributed by atoms with Crippen LogP contribution in [0.2, 0.25) is 0 Å². The molecule has 0 aromatic heterocycles. The van der Waals surface area contributed by atoms with Crippen molar-refractivity contribution in [1.82, 2.24) is 4.90 Å². The molecule has 2 fully saturated rings. The lowest BCUT2D eigenvalue weighted by Crippen LogP contribution is -2.40. The average molecular weight is 264 g/mol. The molecular formula is C10H18BrNO2. The van der Waals surface area contributed by atoms with Crippen LogP contribution in [-0.4, -0.2) is 55.3 Å². The van der Waals surface area contributed by atoms with Crippen LogP contribution in [0.25, 0.3) is 0 Å². The van der Waals surface area contributed by atoms with Crippen LogP contribution in [0.15, 0.2) is 0 Å². The Balaban J connectivity index is 1.95. The number of ether oxygens (including phenoxy) is 2. The highest BCUT2D eigenvalue weighted by Gasteiger charge is 2.37. The summed E-state index contributed by atoms with van der Waals surface area (Å²) >= 11 is 3.58. The summed E-state index contributed by atoms with van der Waals surface area (Å²) < 4.78 is 10.9. The van der Waals surface area contributed by atoms with Gasteiger partial charge in [0.2, 0.25) is 0 Å². The van der Waals surface area contributed by atoms with E-state index < -0.39 is 0 Å². The highest BCUT2D eigenvalue weighted by atomic mass is 79.9. The zero-order valence-corrected chi connectivity index (χ0v) is 10.2. The van der Waals surface area contributed by atoms with Crippen molar-refractivity contribution in [2.45, 2.75) is 31.0 Å². The predicted octanol–water partition coefficient (Wildman–Crippen LogP) is 1.26. The van der Waals surface area contributed by atoms with Crippen LogP contribution in [-0.2, 0) is 9.47 Å². The molecule has 0 aromatic rings. The fourth-order valence-corrected chi connectivity index (χ4v) is 3.09. The summed E-state index contributed by atoms with van der Waals surface area (Å²) in [7, 11) is 1.81. The Labute approximate surface area is 93.9 Å². The van der Waals surface area contributed by atoms with E-state index in [1.165, 1.54) is 6.42 Å². The van der Waals surface area contributed by atoms with Crippen molar-refractivity contribution in [2.75, 3.05) is 32.2 Å². The summed E-state index contributed by atoms with van der Waals surface area (Å²) in [5.41, 5.74) is 0. The molecule has 4 heteroatoms. The summed E-state index contributed by atoms with van der Waals surface area (Å²) in [4.78, 5) is 2.55. The second-order valence-corrected chi connectivity index (χ2v) is 4.76. The Hall–Kier alpha value is 0.360. The maximum Gasteiger partial charge on any atom is 0.0713 e. The summed E-state index contributed by atoms with van der Waals surface area (Å²) in [5.74, 6) is 0. The van der Waals surface area contributed by atoms with E-state index >= 15 is 0 Å². The van der Waals surface area contributed by atoms with E-state index in [2.05, 4.69) is 20.8 Å². The van der Waals surface area contributed by atoms with Gasteiger partial charge in [-0.1, -0.05) is 15.9 Å². The number of likely N-dealkylation sites (tertiary alicyclic amines) is 1. The number of nitrogens with zero attached hydrogens (tertiary/aromatic N) is 1. The van der Waals surface area contributed by atoms with Gasteiger partial charge in [-0.3, -0.25) is 4.90 Å². The standard InChI is InChI=1S/C10H18BrNO2/c1-13-10-4-9(5-11)12(6-10)8-2-3-14-7-8/h8-10H,2-7H2,1H3. The Morgan fingerprint density at radius 2 is 2.43 bits per heavy atom. The molecular weight excluding hydrogens is 246 g/mol. The van der Waals surface area contributed by atoms with Crippen LogP contribution in [0.1, 0.15) is 12.8 Å². The molecule has 0 aliphatic carbocycles. The number of methoxy groups -OCH3 is 1. The maximum absolute atomic E-state index is 5.43. The smallest absolute Gasteiger partial charge is 0.0713 e. The van der Waals surface area contributed by atoms with Crippen LogP contribution < -0.4 is 0 Å². The zero-order valence-electron chi connectivity index (χ0n) is 8.62. The monoisotopic (exact) mass is 263 g/mol. The maximum atomic E-state index is 5.43. The van der Waals surface area contributed by atoms with Crippen LogP contribution in [0, 0.1) is 0 Å². The zero-order chi connectivity index (χ0) is 9.97. The van der Waals surface area contributed by atoms with Crippen molar-refractivity contribution >= 4 is 15.9 Å². The minimum absolute atomic E-state index is 0.415. The fourth-order valence-electron chi connectivity index (χ4n) is 2.45. The molecule has 0 spiro atoms. The first-order valence-corrected chi connectivity index (χ1v) is 6.39. The number of hydrogen-bond acceptors (Lipinski definition) is 3. The molecule has 0 bridgehead atoms. The third-order valence-electron chi connectivity index (χ3n) is 3.30. The molecule has 82 valence electrons. The van der Waals surface area contributed by atoms with E-state index in [9.17, 15) is 0 Å². The molecule has 3 nitrogen and oxygen atoms in total. The van der Waals surface area contributed by atoms with Gasteiger partial charge < -0.3 is 9.47 Å².